The van der Waals surface area contributed by atoms with Gasteiger partial charge in [-0.1, -0.05) is 23.7 Å². The molecule has 0 bridgehead atoms. The third-order valence-corrected chi connectivity index (χ3v) is 3.40. The Kier molecular flexibility index (Phi) is 5.71. The summed E-state index contributed by atoms with van der Waals surface area (Å²) in [5.41, 5.74) is 2.02. The Morgan fingerprint density at radius 3 is 2.61 bits per heavy atom. The Bertz CT molecular complexity index is 734. The highest BCUT2D eigenvalue weighted by atomic mass is 35.5. The molecule has 0 radical (unpaired) electrons. The van der Waals surface area contributed by atoms with Gasteiger partial charge < -0.3 is 10.6 Å². The zero-order chi connectivity index (χ0) is 16.8. The monoisotopic (exact) mass is 334 g/mol. The van der Waals surface area contributed by atoms with E-state index in [9.17, 15) is 14.0 Å². The summed E-state index contributed by atoms with van der Waals surface area (Å²) in [6.07, 6.45) is 0.0189. The van der Waals surface area contributed by atoms with Crippen molar-refractivity contribution in [2.45, 2.75) is 13.3 Å². The van der Waals surface area contributed by atoms with Crippen molar-refractivity contribution in [3.05, 3.63) is 64.4 Å². The van der Waals surface area contributed by atoms with E-state index in [4.69, 9.17) is 11.6 Å². The number of aryl methyl sites for hydroxylation is 1. The van der Waals surface area contributed by atoms with Gasteiger partial charge in [0.15, 0.2) is 0 Å². The molecule has 2 aromatic carbocycles. The van der Waals surface area contributed by atoms with Crippen molar-refractivity contribution < 1.29 is 14.0 Å². The van der Waals surface area contributed by atoms with Gasteiger partial charge in [0.2, 0.25) is 11.8 Å². The van der Waals surface area contributed by atoms with E-state index < -0.39 is 5.82 Å². The highest BCUT2D eigenvalue weighted by Crippen LogP contribution is 2.19. The van der Waals surface area contributed by atoms with Crippen LogP contribution in [-0.4, -0.2) is 18.4 Å². The molecule has 0 saturated heterocycles. The highest BCUT2D eigenvalue weighted by molar-refractivity contribution is 6.30. The first-order chi connectivity index (χ1) is 10.9. The van der Waals surface area contributed by atoms with Gasteiger partial charge in [0.1, 0.15) is 5.82 Å². The summed E-state index contributed by atoms with van der Waals surface area (Å²) in [7, 11) is 0. The number of carbonyl (C=O) groups is 2. The molecule has 6 heteroatoms. The molecule has 0 atom stereocenters. The van der Waals surface area contributed by atoms with Crippen LogP contribution in [0, 0.1) is 12.7 Å². The van der Waals surface area contributed by atoms with Crippen LogP contribution in [0.5, 0.6) is 0 Å². The molecule has 23 heavy (non-hydrogen) atoms. The lowest BCUT2D eigenvalue weighted by Crippen LogP contribution is -2.33. The molecule has 0 aromatic heterocycles. The second-order valence-corrected chi connectivity index (χ2v) is 5.53. The van der Waals surface area contributed by atoms with Crippen molar-refractivity contribution in [2.24, 2.45) is 0 Å². The number of hydrogen-bond acceptors (Lipinski definition) is 2. The van der Waals surface area contributed by atoms with E-state index in [1.54, 1.807) is 24.3 Å². The van der Waals surface area contributed by atoms with Crippen LogP contribution in [0.3, 0.4) is 0 Å². The molecule has 0 spiro atoms. The first kappa shape index (κ1) is 17.0. The number of carbonyl (C=O) groups excluding carboxylic acids is 2. The summed E-state index contributed by atoms with van der Waals surface area (Å²) in [5.74, 6) is -1.09. The van der Waals surface area contributed by atoms with Crippen molar-refractivity contribution in [3.63, 3.8) is 0 Å². The lowest BCUT2D eigenvalue weighted by atomic mass is 10.1. The molecule has 2 aromatic rings. The maximum Gasteiger partial charge on any atom is 0.243 e. The third-order valence-electron chi connectivity index (χ3n) is 3.16. The van der Waals surface area contributed by atoms with E-state index in [1.807, 2.05) is 6.92 Å². The van der Waals surface area contributed by atoms with Gasteiger partial charge in [0.25, 0.3) is 0 Å². The van der Waals surface area contributed by atoms with Crippen molar-refractivity contribution in [2.75, 3.05) is 11.9 Å². The number of rotatable bonds is 5. The average molecular weight is 335 g/mol. The van der Waals surface area contributed by atoms with Crippen LogP contribution in [0.4, 0.5) is 10.1 Å². The van der Waals surface area contributed by atoms with Crippen molar-refractivity contribution in [3.8, 4) is 0 Å². The number of anilines is 1. The summed E-state index contributed by atoms with van der Waals surface area (Å²) in [6, 6.07) is 10.9. The number of amides is 2. The molecule has 0 heterocycles. The molecule has 0 fully saturated rings. The van der Waals surface area contributed by atoms with Crippen molar-refractivity contribution >= 4 is 29.1 Å². The summed E-state index contributed by atoms with van der Waals surface area (Å²) in [6.45, 7) is 1.67. The molecule has 4 nitrogen and oxygen atoms in total. The molecule has 2 N–H and O–H groups in total. The number of benzene rings is 2. The highest BCUT2D eigenvalue weighted by Gasteiger charge is 2.08. The maximum atomic E-state index is 13.0. The minimum absolute atomic E-state index is 0.0189. The minimum Gasteiger partial charge on any atom is -0.347 e. The van der Waals surface area contributed by atoms with Gasteiger partial charge in [-0.2, -0.15) is 0 Å². The van der Waals surface area contributed by atoms with E-state index in [0.717, 1.165) is 5.56 Å². The van der Waals surface area contributed by atoms with Crippen molar-refractivity contribution in [1.29, 1.82) is 0 Å². The van der Waals surface area contributed by atoms with Crippen molar-refractivity contribution in [1.82, 2.24) is 5.32 Å². The van der Waals surface area contributed by atoms with Gasteiger partial charge >= 0.3 is 0 Å². The zero-order valence-corrected chi connectivity index (χ0v) is 13.3. The van der Waals surface area contributed by atoms with Gasteiger partial charge in [-0.05, 0) is 48.4 Å². The van der Waals surface area contributed by atoms with E-state index in [1.165, 1.54) is 18.2 Å². The normalized spacial score (nSPS) is 10.2. The van der Waals surface area contributed by atoms with E-state index in [2.05, 4.69) is 10.6 Å². The first-order valence-corrected chi connectivity index (χ1v) is 7.39. The fourth-order valence-corrected chi connectivity index (χ4v) is 2.26. The van der Waals surface area contributed by atoms with E-state index in [-0.39, 0.29) is 24.8 Å². The smallest absolute Gasteiger partial charge is 0.243 e. The number of nitrogens with one attached hydrogen (secondary N) is 2. The molecular formula is C17H16ClFN2O2. The SMILES string of the molecule is Cc1cc(Cl)ccc1NC(=O)CNC(=O)Cc1cccc(F)c1. The molecule has 0 aliphatic rings. The number of halogens is 2. The molecular weight excluding hydrogens is 319 g/mol. The fraction of sp³-hybridized carbons (Fsp3) is 0.176. The van der Waals surface area contributed by atoms with Gasteiger partial charge in [0.05, 0.1) is 13.0 Å². The second-order valence-electron chi connectivity index (χ2n) is 5.09. The minimum atomic E-state index is -0.397. The van der Waals surface area contributed by atoms with E-state index >= 15 is 0 Å². The predicted molar refractivity (Wildman–Crippen MR) is 87.9 cm³/mol. The van der Waals surface area contributed by atoms with Crippen LogP contribution in [0.15, 0.2) is 42.5 Å². The lowest BCUT2D eigenvalue weighted by Gasteiger charge is -2.09. The molecule has 120 valence electrons. The molecule has 0 unspecified atom stereocenters. The summed E-state index contributed by atoms with van der Waals surface area (Å²) >= 11 is 5.85. The maximum absolute atomic E-state index is 13.0. The Hall–Kier alpha value is -2.40. The van der Waals surface area contributed by atoms with Crippen LogP contribution in [-0.2, 0) is 16.0 Å². The average Bonchev–Trinajstić information content (AvgIpc) is 2.48. The predicted octanol–water partition coefficient (Wildman–Crippen LogP) is 3.08. The molecule has 0 saturated carbocycles. The fourth-order valence-electron chi connectivity index (χ4n) is 2.04. The van der Waals surface area contributed by atoms with Crippen LogP contribution >= 0.6 is 11.6 Å². The molecule has 2 rings (SSSR count). The summed E-state index contributed by atoms with van der Waals surface area (Å²) < 4.78 is 13.0. The van der Waals surface area contributed by atoms with Gasteiger partial charge in [-0.3, -0.25) is 9.59 Å². The topological polar surface area (TPSA) is 58.2 Å². The third kappa shape index (κ3) is 5.38. The van der Waals surface area contributed by atoms with Crippen LogP contribution in [0.1, 0.15) is 11.1 Å². The molecule has 0 aliphatic heterocycles. The molecule has 2 amide bonds. The van der Waals surface area contributed by atoms with Gasteiger partial charge in [-0.15, -0.1) is 0 Å². The van der Waals surface area contributed by atoms with Crippen LogP contribution in [0.2, 0.25) is 5.02 Å². The van der Waals surface area contributed by atoms with Crippen LogP contribution in [0.25, 0.3) is 0 Å². The Labute approximate surface area is 138 Å². The summed E-state index contributed by atoms with van der Waals surface area (Å²) in [5, 5.41) is 5.78. The van der Waals surface area contributed by atoms with E-state index in [0.29, 0.717) is 16.3 Å². The van der Waals surface area contributed by atoms with Gasteiger partial charge in [-0.25, -0.2) is 4.39 Å². The Balaban J connectivity index is 1.83. The molecule has 0 aliphatic carbocycles. The Morgan fingerprint density at radius 2 is 1.91 bits per heavy atom. The standard InChI is InChI=1S/C17H16ClFN2O2/c1-11-7-13(18)5-6-15(11)21-17(23)10-20-16(22)9-12-3-2-4-14(19)8-12/h2-8H,9-10H2,1H3,(H,20,22)(H,21,23). The second kappa shape index (κ2) is 7.74. The zero-order valence-electron chi connectivity index (χ0n) is 12.5. The van der Waals surface area contributed by atoms with Gasteiger partial charge in [0, 0.05) is 10.7 Å². The largest absolute Gasteiger partial charge is 0.347 e. The first-order valence-electron chi connectivity index (χ1n) is 7.01. The van der Waals surface area contributed by atoms with Crippen LogP contribution < -0.4 is 10.6 Å². The lowest BCUT2D eigenvalue weighted by molar-refractivity contribution is -0.123. The number of hydrogen-bond donors (Lipinski definition) is 2. The Morgan fingerprint density at radius 1 is 1.13 bits per heavy atom. The quantitative estimate of drug-likeness (QED) is 0.882. The summed E-state index contributed by atoms with van der Waals surface area (Å²) in [4.78, 5) is 23.6.